The maximum atomic E-state index is 13.4. The van der Waals surface area contributed by atoms with Crippen LogP contribution in [0.1, 0.15) is 23.8 Å². The molecule has 4 aromatic rings. The molecule has 29 heavy (non-hydrogen) atoms. The van der Waals surface area contributed by atoms with Gasteiger partial charge in [-0.1, -0.05) is 30.3 Å². The Kier molecular flexibility index (Phi) is 5.44. The van der Waals surface area contributed by atoms with Crippen LogP contribution in [0.3, 0.4) is 0 Å². The molecule has 2 aromatic heterocycles. The van der Waals surface area contributed by atoms with E-state index in [1.165, 1.54) is 17.7 Å². The molecule has 0 aliphatic carbocycles. The van der Waals surface area contributed by atoms with E-state index in [9.17, 15) is 9.50 Å². The zero-order valence-electron chi connectivity index (χ0n) is 16.0. The third-order valence-electron chi connectivity index (χ3n) is 4.95. The number of aromatic nitrogens is 4. The smallest absolute Gasteiger partial charge is 0.123 e. The lowest BCUT2D eigenvalue weighted by Gasteiger charge is -2.14. The molecule has 4 rings (SSSR count). The fourth-order valence-corrected chi connectivity index (χ4v) is 3.54. The van der Waals surface area contributed by atoms with Gasteiger partial charge in [0.1, 0.15) is 11.5 Å². The monoisotopic (exact) mass is 388 g/mol. The summed E-state index contributed by atoms with van der Waals surface area (Å²) in [5, 5.41) is 23.5. The molecule has 0 saturated heterocycles. The summed E-state index contributed by atoms with van der Waals surface area (Å²) in [5.74, 6) is -0.306. The van der Waals surface area contributed by atoms with Gasteiger partial charge in [0, 0.05) is 23.7 Å². The molecule has 0 amide bonds. The molecule has 0 fully saturated rings. The molecule has 2 aromatic carbocycles. The third-order valence-corrected chi connectivity index (χ3v) is 4.95. The zero-order chi connectivity index (χ0) is 20.2. The van der Waals surface area contributed by atoms with Crippen LogP contribution in [0.25, 0.3) is 22.4 Å². The van der Waals surface area contributed by atoms with E-state index in [1.807, 2.05) is 43.4 Å². The molecule has 1 unspecified atom stereocenters. The van der Waals surface area contributed by atoms with Crippen molar-refractivity contribution in [2.24, 2.45) is 7.05 Å². The van der Waals surface area contributed by atoms with Crippen LogP contribution in [0.2, 0.25) is 0 Å². The van der Waals surface area contributed by atoms with Crippen molar-refractivity contribution in [2.75, 3.05) is 0 Å². The number of aliphatic hydroxyl groups is 1. The maximum absolute atomic E-state index is 13.4. The molecule has 0 saturated carbocycles. The van der Waals surface area contributed by atoms with E-state index in [-0.39, 0.29) is 5.82 Å². The van der Waals surface area contributed by atoms with Crippen molar-refractivity contribution in [3.63, 3.8) is 0 Å². The lowest BCUT2D eigenvalue weighted by molar-refractivity contribution is 0.159. The van der Waals surface area contributed by atoms with Crippen molar-refractivity contribution in [3.05, 3.63) is 90.1 Å². The number of aliphatic hydroxyl groups excluding tert-OH is 1. The van der Waals surface area contributed by atoms with E-state index >= 15 is 0 Å². The first kappa shape index (κ1) is 19.0. The number of rotatable bonds is 6. The molecule has 1 atom stereocenters. The van der Waals surface area contributed by atoms with Gasteiger partial charge in [0.25, 0.3) is 0 Å². The fraction of sp³-hybridized carbons (Fsp3) is 0.174. The Morgan fingerprint density at radius 3 is 2.41 bits per heavy atom. The fourth-order valence-electron chi connectivity index (χ4n) is 3.54. The van der Waals surface area contributed by atoms with E-state index in [2.05, 4.69) is 15.3 Å². The predicted molar refractivity (Wildman–Crippen MR) is 109 cm³/mol. The van der Waals surface area contributed by atoms with Gasteiger partial charge in [-0.05, 0) is 48.7 Å². The SMILES string of the molecule is Cn1nc(-c2ccc(F)cc2)c(-c2ccnnc2)c1C(O)CCc1ccccc1. The van der Waals surface area contributed by atoms with E-state index in [4.69, 9.17) is 0 Å². The lowest BCUT2D eigenvalue weighted by atomic mass is 9.96. The largest absolute Gasteiger partial charge is 0.387 e. The van der Waals surface area contributed by atoms with Crippen LogP contribution in [-0.2, 0) is 13.5 Å². The van der Waals surface area contributed by atoms with Crippen molar-refractivity contribution in [1.82, 2.24) is 20.0 Å². The second-order valence-corrected chi connectivity index (χ2v) is 6.91. The molecule has 0 aliphatic heterocycles. The van der Waals surface area contributed by atoms with Gasteiger partial charge in [0.05, 0.1) is 24.2 Å². The van der Waals surface area contributed by atoms with Gasteiger partial charge in [-0.25, -0.2) is 4.39 Å². The van der Waals surface area contributed by atoms with E-state index in [0.717, 1.165) is 23.1 Å². The molecule has 0 spiro atoms. The Labute approximate surface area is 168 Å². The van der Waals surface area contributed by atoms with Crippen molar-refractivity contribution in [3.8, 4) is 22.4 Å². The number of hydrogen-bond acceptors (Lipinski definition) is 4. The van der Waals surface area contributed by atoms with Crippen LogP contribution in [0.5, 0.6) is 0 Å². The van der Waals surface area contributed by atoms with Crippen molar-refractivity contribution in [2.45, 2.75) is 18.9 Å². The van der Waals surface area contributed by atoms with Gasteiger partial charge in [-0.15, -0.1) is 0 Å². The van der Waals surface area contributed by atoms with Gasteiger partial charge in [-0.3, -0.25) is 4.68 Å². The van der Waals surface area contributed by atoms with Gasteiger partial charge in [-0.2, -0.15) is 15.3 Å². The number of aryl methyl sites for hydroxylation is 2. The summed E-state index contributed by atoms with van der Waals surface area (Å²) in [6, 6.07) is 18.1. The van der Waals surface area contributed by atoms with Crippen LogP contribution in [0.4, 0.5) is 4.39 Å². The summed E-state index contributed by atoms with van der Waals surface area (Å²) in [6.07, 6.45) is 3.84. The van der Waals surface area contributed by atoms with Crippen molar-refractivity contribution < 1.29 is 9.50 Å². The van der Waals surface area contributed by atoms with E-state index < -0.39 is 6.10 Å². The lowest BCUT2D eigenvalue weighted by Crippen LogP contribution is -2.08. The Balaban J connectivity index is 1.75. The van der Waals surface area contributed by atoms with E-state index in [1.54, 1.807) is 29.2 Å². The molecule has 0 bridgehead atoms. The first-order valence-electron chi connectivity index (χ1n) is 9.45. The Hall–Kier alpha value is -3.38. The van der Waals surface area contributed by atoms with Gasteiger partial charge >= 0.3 is 0 Å². The topological polar surface area (TPSA) is 63.8 Å². The molecule has 6 heteroatoms. The molecular weight excluding hydrogens is 367 g/mol. The average molecular weight is 388 g/mol. The highest BCUT2D eigenvalue weighted by molar-refractivity contribution is 5.82. The highest BCUT2D eigenvalue weighted by Gasteiger charge is 2.24. The summed E-state index contributed by atoms with van der Waals surface area (Å²) < 4.78 is 15.1. The minimum absolute atomic E-state index is 0.306. The van der Waals surface area contributed by atoms with Crippen LogP contribution in [0, 0.1) is 5.82 Å². The minimum atomic E-state index is -0.718. The molecule has 0 radical (unpaired) electrons. The van der Waals surface area contributed by atoms with Crippen LogP contribution in [-0.4, -0.2) is 25.1 Å². The second-order valence-electron chi connectivity index (χ2n) is 6.91. The first-order valence-corrected chi connectivity index (χ1v) is 9.45. The van der Waals surface area contributed by atoms with Crippen molar-refractivity contribution in [1.29, 1.82) is 0 Å². The Morgan fingerprint density at radius 2 is 1.72 bits per heavy atom. The maximum Gasteiger partial charge on any atom is 0.123 e. The summed E-state index contributed by atoms with van der Waals surface area (Å²) >= 11 is 0. The average Bonchev–Trinajstić information content (AvgIpc) is 3.11. The molecule has 5 nitrogen and oxygen atoms in total. The number of halogens is 1. The van der Waals surface area contributed by atoms with Crippen LogP contribution in [0.15, 0.2) is 73.1 Å². The molecule has 0 aliphatic rings. The highest BCUT2D eigenvalue weighted by atomic mass is 19.1. The standard InChI is InChI=1S/C23H21FN4O/c1-28-23(20(29)12-7-16-5-3-2-4-6-16)21(18-13-14-25-26-15-18)22(27-28)17-8-10-19(24)11-9-17/h2-6,8-11,13-15,20,29H,7,12H2,1H3. The van der Waals surface area contributed by atoms with Crippen molar-refractivity contribution >= 4 is 0 Å². The van der Waals surface area contributed by atoms with Crippen LogP contribution < -0.4 is 0 Å². The predicted octanol–water partition coefficient (Wildman–Crippen LogP) is 4.35. The normalized spacial score (nSPS) is 12.1. The van der Waals surface area contributed by atoms with Gasteiger partial charge < -0.3 is 5.11 Å². The number of benzene rings is 2. The number of hydrogen-bond donors (Lipinski definition) is 1. The highest BCUT2D eigenvalue weighted by Crippen LogP contribution is 2.37. The molecule has 1 N–H and O–H groups in total. The zero-order valence-corrected chi connectivity index (χ0v) is 16.0. The molecular formula is C23H21FN4O. The molecule has 146 valence electrons. The van der Waals surface area contributed by atoms with Crippen LogP contribution >= 0.6 is 0 Å². The quantitative estimate of drug-likeness (QED) is 0.533. The van der Waals surface area contributed by atoms with E-state index in [0.29, 0.717) is 17.8 Å². The third kappa shape index (κ3) is 4.07. The number of nitrogens with zero attached hydrogens (tertiary/aromatic N) is 4. The summed E-state index contributed by atoms with van der Waals surface area (Å²) in [5.41, 5.74) is 4.91. The first-order chi connectivity index (χ1) is 14.1. The summed E-state index contributed by atoms with van der Waals surface area (Å²) in [4.78, 5) is 0. The van der Waals surface area contributed by atoms with Gasteiger partial charge in [0.15, 0.2) is 0 Å². The Bertz CT molecular complexity index is 1080. The summed E-state index contributed by atoms with van der Waals surface area (Å²) in [7, 11) is 1.81. The molecule has 2 heterocycles. The second kappa shape index (κ2) is 8.32. The minimum Gasteiger partial charge on any atom is -0.387 e. The Morgan fingerprint density at radius 1 is 0.966 bits per heavy atom. The summed E-state index contributed by atoms with van der Waals surface area (Å²) in [6.45, 7) is 0. The van der Waals surface area contributed by atoms with Gasteiger partial charge in [0.2, 0.25) is 0 Å².